The number of hydrogen-bond acceptors (Lipinski definition) is 8. The second kappa shape index (κ2) is 15.6. The Labute approximate surface area is 212 Å². The fourth-order valence-corrected chi connectivity index (χ4v) is 4.97. The van der Waals surface area contributed by atoms with Gasteiger partial charge in [0.15, 0.2) is 6.29 Å². The van der Waals surface area contributed by atoms with Crippen LogP contribution in [0.3, 0.4) is 0 Å². The zero-order chi connectivity index (χ0) is 26.6. The summed E-state index contributed by atoms with van der Waals surface area (Å²) >= 11 is 0. The Hall–Kier alpha value is -0.580. The molecule has 0 aromatic heterocycles. The molecule has 1 rings (SSSR count). The van der Waals surface area contributed by atoms with Gasteiger partial charge in [-0.05, 0) is 62.2 Å². The van der Waals surface area contributed by atoms with Crippen molar-refractivity contribution >= 4 is 0 Å². The van der Waals surface area contributed by atoms with Crippen molar-refractivity contribution in [1.29, 1.82) is 0 Å². The van der Waals surface area contributed by atoms with Crippen molar-refractivity contribution in [3.05, 3.63) is 12.2 Å². The van der Waals surface area contributed by atoms with E-state index in [-0.39, 0.29) is 13.0 Å². The van der Waals surface area contributed by atoms with Crippen LogP contribution in [0.25, 0.3) is 0 Å². The van der Waals surface area contributed by atoms with Crippen molar-refractivity contribution in [2.75, 3.05) is 13.2 Å². The van der Waals surface area contributed by atoms with Crippen molar-refractivity contribution in [1.82, 2.24) is 0 Å². The molecule has 8 nitrogen and oxygen atoms in total. The molecule has 1 saturated heterocycles. The average molecular weight is 505 g/mol. The van der Waals surface area contributed by atoms with E-state index in [4.69, 9.17) is 9.47 Å². The van der Waals surface area contributed by atoms with Crippen LogP contribution in [0.15, 0.2) is 12.2 Å². The molecule has 1 heterocycles. The first kappa shape index (κ1) is 32.4. The first-order valence-corrected chi connectivity index (χ1v) is 13.2. The molecule has 0 radical (unpaired) electrons. The molecular weight excluding hydrogens is 452 g/mol. The molecule has 0 bridgehead atoms. The molecule has 8 heteroatoms. The third-order valence-corrected chi connectivity index (χ3v) is 6.51. The third kappa shape index (κ3) is 13.0. The molecule has 35 heavy (non-hydrogen) atoms. The molecule has 208 valence electrons. The Balaban J connectivity index is 2.15. The number of unbranched alkanes of at least 4 members (excludes halogenated alkanes) is 3. The van der Waals surface area contributed by atoms with E-state index in [1.54, 1.807) is 0 Å². The molecule has 0 aromatic rings. The van der Waals surface area contributed by atoms with Gasteiger partial charge < -0.3 is 40.1 Å². The molecule has 0 aliphatic carbocycles. The lowest BCUT2D eigenvalue weighted by molar-refractivity contribution is -0.302. The summed E-state index contributed by atoms with van der Waals surface area (Å²) in [5.41, 5.74) is 0.734. The van der Waals surface area contributed by atoms with E-state index in [9.17, 15) is 30.6 Å². The summed E-state index contributed by atoms with van der Waals surface area (Å²) in [5, 5.41) is 59.0. The van der Waals surface area contributed by atoms with E-state index in [2.05, 4.69) is 46.8 Å². The smallest absolute Gasteiger partial charge is 0.186 e. The van der Waals surface area contributed by atoms with Crippen LogP contribution in [0, 0.1) is 10.8 Å². The van der Waals surface area contributed by atoms with Crippen molar-refractivity contribution in [3.63, 3.8) is 0 Å². The predicted octanol–water partition coefficient (Wildman–Crippen LogP) is 2.66. The second-order valence-corrected chi connectivity index (χ2v) is 12.0. The Morgan fingerprint density at radius 2 is 1.43 bits per heavy atom. The largest absolute Gasteiger partial charge is 0.394 e. The minimum Gasteiger partial charge on any atom is -0.394 e. The van der Waals surface area contributed by atoms with Crippen LogP contribution >= 0.6 is 0 Å². The molecule has 1 aliphatic heterocycles. The molecule has 7 atom stereocenters. The predicted molar refractivity (Wildman–Crippen MR) is 136 cm³/mol. The lowest BCUT2D eigenvalue weighted by Crippen LogP contribution is -2.59. The highest BCUT2D eigenvalue weighted by molar-refractivity contribution is 4.89. The summed E-state index contributed by atoms with van der Waals surface area (Å²) in [4.78, 5) is 0. The summed E-state index contributed by atoms with van der Waals surface area (Å²) in [7, 11) is 0. The van der Waals surface area contributed by atoms with Crippen LogP contribution in [0.4, 0.5) is 0 Å². The van der Waals surface area contributed by atoms with E-state index < -0.39 is 49.5 Å². The number of hydrogen-bond donors (Lipinski definition) is 6. The quantitative estimate of drug-likeness (QED) is 0.139. The van der Waals surface area contributed by atoms with E-state index in [0.29, 0.717) is 17.3 Å². The van der Waals surface area contributed by atoms with Crippen LogP contribution in [0.5, 0.6) is 0 Å². The monoisotopic (exact) mass is 504 g/mol. The molecule has 0 saturated carbocycles. The minimum atomic E-state index is -1.50. The normalized spacial score (nSPS) is 27.9. The van der Waals surface area contributed by atoms with Gasteiger partial charge in [0.2, 0.25) is 0 Å². The van der Waals surface area contributed by atoms with E-state index in [0.717, 1.165) is 19.3 Å². The molecular formula is C27H52O8. The van der Waals surface area contributed by atoms with E-state index >= 15 is 0 Å². The highest BCUT2D eigenvalue weighted by Gasteiger charge is 2.44. The Kier molecular flexibility index (Phi) is 14.5. The first-order valence-electron chi connectivity index (χ1n) is 13.2. The number of rotatable bonds is 16. The van der Waals surface area contributed by atoms with Gasteiger partial charge in [-0.25, -0.2) is 0 Å². The van der Waals surface area contributed by atoms with Gasteiger partial charge in [-0.15, -0.1) is 0 Å². The average Bonchev–Trinajstić information content (AvgIpc) is 2.75. The maximum Gasteiger partial charge on any atom is 0.186 e. The maximum atomic E-state index is 10.2. The zero-order valence-corrected chi connectivity index (χ0v) is 22.5. The van der Waals surface area contributed by atoms with Gasteiger partial charge in [0.25, 0.3) is 0 Å². The third-order valence-electron chi connectivity index (χ3n) is 6.51. The summed E-state index contributed by atoms with van der Waals surface area (Å²) in [6.07, 6.45) is 3.91. The Morgan fingerprint density at radius 1 is 0.829 bits per heavy atom. The van der Waals surface area contributed by atoms with Crippen molar-refractivity contribution < 1.29 is 40.1 Å². The van der Waals surface area contributed by atoms with Gasteiger partial charge in [0.05, 0.1) is 25.4 Å². The van der Waals surface area contributed by atoms with E-state index in [1.807, 2.05) is 0 Å². The molecule has 0 amide bonds. The van der Waals surface area contributed by atoms with Crippen LogP contribution in [-0.4, -0.2) is 86.8 Å². The van der Waals surface area contributed by atoms with Gasteiger partial charge in [0, 0.05) is 0 Å². The SMILES string of the molecule is CC(C)(C)CC(C)(C)CCCCC=CCCCC(O)[C@@H](O)CCO[C@@H]1OC(CO)[C@@H](O)[C@H](O)C1O. The Morgan fingerprint density at radius 3 is 2.03 bits per heavy atom. The van der Waals surface area contributed by atoms with Gasteiger partial charge in [0.1, 0.15) is 24.4 Å². The molecule has 6 N–H and O–H groups in total. The molecule has 1 aliphatic rings. The lowest BCUT2D eigenvalue weighted by atomic mass is 9.73. The summed E-state index contributed by atoms with van der Waals surface area (Å²) in [5.74, 6) is 0. The van der Waals surface area contributed by atoms with E-state index in [1.165, 1.54) is 25.7 Å². The molecule has 0 aromatic carbocycles. The van der Waals surface area contributed by atoms with Gasteiger partial charge >= 0.3 is 0 Å². The summed E-state index contributed by atoms with van der Waals surface area (Å²) in [6, 6.07) is 0. The van der Waals surface area contributed by atoms with Crippen LogP contribution in [0.2, 0.25) is 0 Å². The number of allylic oxidation sites excluding steroid dienone is 2. The fourth-order valence-electron chi connectivity index (χ4n) is 4.97. The number of aliphatic hydroxyl groups is 6. The highest BCUT2D eigenvalue weighted by atomic mass is 16.7. The van der Waals surface area contributed by atoms with Crippen LogP contribution < -0.4 is 0 Å². The standard InChI is InChI=1S/C27H52O8/c1-26(2,3)18-27(4,5)15-12-10-8-6-7-9-11-13-19(29)20(30)14-16-34-25-24(33)23(32)22(31)21(17-28)35-25/h6-7,19-25,28-33H,8-18H2,1-5H3/t19?,20-,21?,22+,23-,24?,25+/m0/s1. The highest BCUT2D eigenvalue weighted by Crippen LogP contribution is 2.37. The van der Waals surface area contributed by atoms with Crippen molar-refractivity contribution in [3.8, 4) is 0 Å². The minimum absolute atomic E-state index is 0.0205. The maximum absolute atomic E-state index is 10.2. The van der Waals surface area contributed by atoms with Crippen molar-refractivity contribution in [2.24, 2.45) is 10.8 Å². The van der Waals surface area contributed by atoms with Crippen molar-refractivity contribution in [2.45, 2.75) is 135 Å². The van der Waals surface area contributed by atoms with Crippen LogP contribution in [0.1, 0.15) is 92.4 Å². The topological polar surface area (TPSA) is 140 Å². The number of ether oxygens (including phenoxy) is 2. The fraction of sp³-hybridized carbons (Fsp3) is 0.926. The molecule has 3 unspecified atom stereocenters. The second-order valence-electron chi connectivity index (χ2n) is 12.0. The number of aliphatic hydroxyl groups excluding tert-OH is 6. The lowest BCUT2D eigenvalue weighted by Gasteiger charge is -2.39. The summed E-state index contributed by atoms with van der Waals surface area (Å²) in [6.45, 7) is 11.1. The molecule has 0 spiro atoms. The molecule has 1 fully saturated rings. The van der Waals surface area contributed by atoms with Gasteiger partial charge in [-0.1, -0.05) is 53.2 Å². The Bertz CT molecular complexity index is 586. The first-order chi connectivity index (χ1) is 16.3. The zero-order valence-electron chi connectivity index (χ0n) is 22.5. The summed E-state index contributed by atoms with van der Waals surface area (Å²) < 4.78 is 10.6. The van der Waals surface area contributed by atoms with Crippen LogP contribution in [-0.2, 0) is 9.47 Å². The van der Waals surface area contributed by atoms with Gasteiger partial charge in [-0.2, -0.15) is 0 Å². The van der Waals surface area contributed by atoms with Gasteiger partial charge in [-0.3, -0.25) is 0 Å².